The van der Waals surface area contributed by atoms with Crippen LogP contribution in [-0.4, -0.2) is 61.9 Å². The zero-order chi connectivity index (χ0) is 21.1. The lowest BCUT2D eigenvalue weighted by atomic mass is 9.98. The molecule has 0 aliphatic carbocycles. The van der Waals surface area contributed by atoms with Crippen LogP contribution in [0.1, 0.15) is 12.8 Å². The molecule has 0 saturated carbocycles. The highest BCUT2D eigenvalue weighted by Crippen LogP contribution is 2.34. The van der Waals surface area contributed by atoms with Crippen LogP contribution >= 0.6 is 11.8 Å². The number of ether oxygens (including phenoxy) is 1. The molecule has 0 radical (unpaired) electrons. The molecule has 0 aromatic carbocycles. The molecule has 1 saturated heterocycles. The summed E-state index contributed by atoms with van der Waals surface area (Å²) in [5.41, 5.74) is 0.918. The van der Waals surface area contributed by atoms with E-state index in [1.54, 1.807) is 12.4 Å². The van der Waals surface area contributed by atoms with Crippen LogP contribution in [0.25, 0.3) is 0 Å². The van der Waals surface area contributed by atoms with Gasteiger partial charge in [0.1, 0.15) is 12.2 Å². The van der Waals surface area contributed by atoms with Crippen molar-refractivity contribution in [3.8, 4) is 0 Å². The van der Waals surface area contributed by atoms with Gasteiger partial charge in [-0.1, -0.05) is 18.2 Å². The maximum absolute atomic E-state index is 12.9. The van der Waals surface area contributed by atoms with Gasteiger partial charge >= 0.3 is 6.18 Å². The average Bonchev–Trinajstić information content (AvgIpc) is 3.17. The molecule has 30 heavy (non-hydrogen) atoms. The van der Waals surface area contributed by atoms with Crippen LogP contribution in [0, 0.1) is 11.8 Å². The summed E-state index contributed by atoms with van der Waals surface area (Å²) in [6, 6.07) is 0. The van der Waals surface area contributed by atoms with Gasteiger partial charge in [0.2, 0.25) is 5.91 Å². The van der Waals surface area contributed by atoms with Crippen LogP contribution in [0.5, 0.6) is 0 Å². The van der Waals surface area contributed by atoms with Crippen LogP contribution in [0.2, 0.25) is 0 Å². The molecule has 4 aliphatic heterocycles. The van der Waals surface area contributed by atoms with Crippen LogP contribution in [0.4, 0.5) is 13.2 Å². The highest BCUT2D eigenvalue weighted by atomic mass is 32.2. The zero-order valence-corrected chi connectivity index (χ0v) is 17.1. The number of fused-ring (bicyclic) bond motifs is 1. The Morgan fingerprint density at radius 1 is 1.37 bits per heavy atom. The molecule has 5 atom stereocenters. The zero-order valence-electron chi connectivity index (χ0n) is 16.3. The van der Waals surface area contributed by atoms with E-state index in [9.17, 15) is 18.0 Å². The Morgan fingerprint density at radius 2 is 2.23 bits per heavy atom. The number of thioether (sulfide) groups is 1. The molecule has 1 amide bonds. The molecule has 4 rings (SSSR count). The predicted octanol–water partition coefficient (Wildman–Crippen LogP) is 2.12. The van der Waals surface area contributed by atoms with Gasteiger partial charge in [0.05, 0.1) is 12.5 Å². The highest BCUT2D eigenvalue weighted by molar-refractivity contribution is 8.03. The lowest BCUT2D eigenvalue weighted by Gasteiger charge is -2.28. The van der Waals surface area contributed by atoms with E-state index in [1.165, 1.54) is 17.8 Å². The van der Waals surface area contributed by atoms with E-state index >= 15 is 0 Å². The first-order valence-electron chi connectivity index (χ1n) is 10.1. The van der Waals surface area contributed by atoms with Crippen molar-refractivity contribution in [3.05, 3.63) is 35.0 Å². The molecule has 0 bridgehead atoms. The van der Waals surface area contributed by atoms with Crippen molar-refractivity contribution in [2.45, 2.75) is 36.5 Å². The number of allylic oxidation sites excluding steroid dienone is 1. The largest absolute Gasteiger partial charge is 0.396 e. The second-order valence-electron chi connectivity index (χ2n) is 7.84. The van der Waals surface area contributed by atoms with Crippen LogP contribution in [0.15, 0.2) is 40.0 Å². The molecule has 0 spiro atoms. The number of nitrogens with zero attached hydrogens (tertiary/aromatic N) is 1. The summed E-state index contributed by atoms with van der Waals surface area (Å²) in [7, 11) is 0. The molecular weight excluding hydrogens is 417 g/mol. The monoisotopic (exact) mass is 442 g/mol. The third-order valence-electron chi connectivity index (χ3n) is 5.60. The molecule has 5 unspecified atom stereocenters. The Morgan fingerprint density at radius 3 is 2.97 bits per heavy atom. The number of rotatable bonds is 5. The fourth-order valence-corrected chi connectivity index (χ4v) is 5.13. The van der Waals surface area contributed by atoms with Gasteiger partial charge in [0.25, 0.3) is 0 Å². The Balaban J connectivity index is 1.22. The summed E-state index contributed by atoms with van der Waals surface area (Å²) in [5, 5.41) is 9.20. The number of amides is 1. The van der Waals surface area contributed by atoms with Crippen molar-refractivity contribution in [3.63, 3.8) is 0 Å². The Hall–Kier alpha value is -1.78. The van der Waals surface area contributed by atoms with Gasteiger partial charge in [-0.15, -0.1) is 11.8 Å². The van der Waals surface area contributed by atoms with Crippen LogP contribution in [-0.2, 0) is 9.53 Å². The van der Waals surface area contributed by atoms with E-state index in [2.05, 4.69) is 20.9 Å². The lowest BCUT2D eigenvalue weighted by Crippen LogP contribution is -2.40. The molecule has 10 heteroatoms. The Kier molecular flexibility index (Phi) is 6.54. The second-order valence-corrected chi connectivity index (χ2v) is 9.27. The van der Waals surface area contributed by atoms with Gasteiger partial charge in [0, 0.05) is 48.9 Å². The first kappa shape index (κ1) is 21.5. The van der Waals surface area contributed by atoms with E-state index in [4.69, 9.17) is 4.74 Å². The minimum absolute atomic E-state index is 0.0600. The standard InChI is InChI=1S/C20H25F3N4O2S/c21-20(22,23)13-6-16(9-25-7-13)30-15-2-1-14(26-10-15)8-27-19(28)17-5-12-3-4-24-11-18(12)29-17/h1,3-4,6,11-13,15,17-18,25-26H,2,5,7-10H2,(H,27,28). The quantitative estimate of drug-likeness (QED) is 0.608. The maximum Gasteiger partial charge on any atom is 0.396 e. The number of alkyl halides is 3. The van der Waals surface area contributed by atoms with Crippen molar-refractivity contribution in [2.24, 2.45) is 16.8 Å². The minimum Gasteiger partial charge on any atom is -0.386 e. The molecule has 3 N–H and O–H groups in total. The van der Waals surface area contributed by atoms with Gasteiger partial charge in [0.15, 0.2) is 0 Å². The van der Waals surface area contributed by atoms with E-state index < -0.39 is 18.2 Å². The van der Waals surface area contributed by atoms with E-state index in [0.29, 0.717) is 26.1 Å². The van der Waals surface area contributed by atoms with Gasteiger partial charge in [-0.2, -0.15) is 13.2 Å². The first-order valence-corrected chi connectivity index (χ1v) is 11.0. The normalized spacial score (nSPS) is 33.4. The smallest absolute Gasteiger partial charge is 0.386 e. The number of halogens is 3. The lowest BCUT2D eigenvalue weighted by molar-refractivity contribution is -0.160. The molecule has 164 valence electrons. The first-order chi connectivity index (χ1) is 14.4. The fraction of sp³-hybridized carbons (Fsp3) is 0.600. The minimum atomic E-state index is -4.21. The summed E-state index contributed by atoms with van der Waals surface area (Å²) < 4.78 is 44.5. The number of hydrogen-bond acceptors (Lipinski definition) is 6. The van der Waals surface area contributed by atoms with Gasteiger partial charge < -0.3 is 20.7 Å². The molecule has 4 heterocycles. The number of aliphatic imine (C=N–C) groups is 1. The van der Waals surface area contributed by atoms with Crippen LogP contribution in [0.3, 0.4) is 0 Å². The molecular formula is C20H25F3N4O2S. The summed E-state index contributed by atoms with van der Waals surface area (Å²) in [6.07, 6.45) is 5.35. The summed E-state index contributed by atoms with van der Waals surface area (Å²) >= 11 is 1.48. The maximum atomic E-state index is 12.9. The topological polar surface area (TPSA) is 74.8 Å². The SMILES string of the molecule is O=C(NCC1=CCC(SC2=CC(C(F)(F)F)CNC2)CN1)C1CC2C=CN=CC2O1. The molecule has 6 nitrogen and oxygen atoms in total. The third-order valence-corrected chi connectivity index (χ3v) is 6.88. The Bertz CT molecular complexity index is 761. The van der Waals surface area contributed by atoms with Crippen molar-refractivity contribution < 1.29 is 22.7 Å². The second kappa shape index (κ2) is 9.15. The molecule has 4 aliphatic rings. The number of carbonyl (C=O) groups excluding carboxylic acids is 1. The number of carbonyl (C=O) groups is 1. The van der Waals surface area contributed by atoms with E-state index in [0.717, 1.165) is 17.0 Å². The van der Waals surface area contributed by atoms with Gasteiger partial charge in [-0.25, -0.2) is 0 Å². The fourth-order valence-electron chi connectivity index (χ4n) is 3.92. The van der Waals surface area contributed by atoms with E-state index in [-0.39, 0.29) is 29.7 Å². The third kappa shape index (κ3) is 5.28. The van der Waals surface area contributed by atoms with Gasteiger partial charge in [-0.3, -0.25) is 9.79 Å². The van der Waals surface area contributed by atoms with Gasteiger partial charge in [-0.05, 0) is 17.7 Å². The molecule has 0 aromatic heterocycles. The predicted molar refractivity (Wildman–Crippen MR) is 110 cm³/mol. The highest BCUT2D eigenvalue weighted by Gasteiger charge is 2.40. The summed E-state index contributed by atoms with van der Waals surface area (Å²) in [6.45, 7) is 1.45. The Labute approximate surface area is 177 Å². The van der Waals surface area contributed by atoms with Crippen molar-refractivity contribution >= 4 is 23.9 Å². The summed E-state index contributed by atoms with van der Waals surface area (Å²) in [4.78, 5) is 17.2. The van der Waals surface area contributed by atoms with Crippen molar-refractivity contribution in [1.29, 1.82) is 0 Å². The van der Waals surface area contributed by atoms with Crippen molar-refractivity contribution in [1.82, 2.24) is 16.0 Å². The molecule has 1 fully saturated rings. The number of hydrogen-bond donors (Lipinski definition) is 3. The number of nitrogens with one attached hydrogen (secondary N) is 3. The van der Waals surface area contributed by atoms with Crippen LogP contribution < -0.4 is 16.0 Å². The van der Waals surface area contributed by atoms with E-state index in [1.807, 2.05) is 12.2 Å². The summed E-state index contributed by atoms with van der Waals surface area (Å²) in [5.74, 6) is -1.36. The molecule has 0 aromatic rings. The van der Waals surface area contributed by atoms with Crippen molar-refractivity contribution in [2.75, 3.05) is 26.2 Å². The average molecular weight is 443 g/mol.